The van der Waals surface area contributed by atoms with E-state index in [1.807, 2.05) is 6.92 Å². The summed E-state index contributed by atoms with van der Waals surface area (Å²) in [6.45, 7) is 3.73. The quantitative estimate of drug-likeness (QED) is 0.588. The van der Waals surface area contributed by atoms with Crippen molar-refractivity contribution in [2.24, 2.45) is 0 Å². The first kappa shape index (κ1) is 20.3. The van der Waals surface area contributed by atoms with Gasteiger partial charge < -0.3 is 20.3 Å². The zero-order chi connectivity index (χ0) is 21.3. The number of imide groups is 1. The summed E-state index contributed by atoms with van der Waals surface area (Å²) >= 11 is 0. The van der Waals surface area contributed by atoms with Crippen LogP contribution in [-0.4, -0.2) is 59.8 Å². The first-order valence-electron chi connectivity index (χ1n) is 10.3. The molecule has 0 saturated carbocycles. The lowest BCUT2D eigenvalue weighted by Gasteiger charge is -2.35. The average Bonchev–Trinajstić information content (AvgIpc) is 3.04. The number of fused-ring (bicyclic) bond motifs is 1. The van der Waals surface area contributed by atoms with Crippen LogP contribution in [0.5, 0.6) is 5.75 Å². The van der Waals surface area contributed by atoms with Crippen molar-refractivity contribution < 1.29 is 23.9 Å². The minimum absolute atomic E-state index is 0.154. The van der Waals surface area contributed by atoms with E-state index in [9.17, 15) is 19.2 Å². The van der Waals surface area contributed by atoms with Crippen LogP contribution in [-0.2, 0) is 20.9 Å². The van der Waals surface area contributed by atoms with Gasteiger partial charge in [-0.2, -0.15) is 0 Å². The summed E-state index contributed by atoms with van der Waals surface area (Å²) in [5, 5.41) is 8.60. The second-order valence-corrected chi connectivity index (χ2v) is 8.36. The highest BCUT2D eigenvalue weighted by Crippen LogP contribution is 2.33. The summed E-state index contributed by atoms with van der Waals surface area (Å²) in [6, 6.07) is 4.42. The Hall–Kier alpha value is -2.94. The van der Waals surface area contributed by atoms with Gasteiger partial charge in [0, 0.05) is 29.6 Å². The minimum atomic E-state index is -0.683. The molecule has 3 N–H and O–H groups in total. The number of hydrogen-bond acceptors (Lipinski definition) is 6. The van der Waals surface area contributed by atoms with E-state index in [4.69, 9.17) is 4.74 Å². The third-order valence-corrected chi connectivity index (χ3v) is 5.94. The molecule has 2 fully saturated rings. The van der Waals surface area contributed by atoms with Gasteiger partial charge in [-0.1, -0.05) is 6.07 Å². The maximum absolute atomic E-state index is 12.8. The van der Waals surface area contributed by atoms with Crippen molar-refractivity contribution in [3.05, 3.63) is 29.3 Å². The molecule has 0 aromatic heterocycles. The van der Waals surface area contributed by atoms with Gasteiger partial charge >= 0.3 is 0 Å². The van der Waals surface area contributed by atoms with Gasteiger partial charge in [0.25, 0.3) is 11.8 Å². The van der Waals surface area contributed by atoms with Gasteiger partial charge in [0.1, 0.15) is 11.8 Å². The van der Waals surface area contributed by atoms with Crippen LogP contribution in [0.25, 0.3) is 0 Å². The van der Waals surface area contributed by atoms with Crippen molar-refractivity contribution in [2.45, 2.75) is 50.7 Å². The van der Waals surface area contributed by atoms with Crippen LogP contribution < -0.4 is 20.7 Å². The first-order chi connectivity index (χ1) is 14.4. The fourth-order valence-electron chi connectivity index (χ4n) is 4.37. The number of piperidine rings is 2. The number of carbonyl (C=O) groups excluding carboxylic acids is 4. The van der Waals surface area contributed by atoms with Crippen molar-refractivity contribution >= 4 is 23.6 Å². The van der Waals surface area contributed by atoms with Gasteiger partial charge in [0.05, 0.1) is 6.54 Å². The molecule has 1 aromatic carbocycles. The number of hydrogen-bond donors (Lipinski definition) is 3. The lowest BCUT2D eigenvalue weighted by atomic mass is 9.92. The third-order valence-electron chi connectivity index (χ3n) is 5.94. The zero-order valence-electron chi connectivity index (χ0n) is 17.0. The van der Waals surface area contributed by atoms with E-state index in [0.717, 1.165) is 25.9 Å². The lowest BCUT2D eigenvalue weighted by molar-refractivity contribution is -0.137. The van der Waals surface area contributed by atoms with Gasteiger partial charge in [-0.15, -0.1) is 0 Å². The molecular formula is C21H26N4O5. The molecule has 2 saturated heterocycles. The molecular weight excluding hydrogens is 388 g/mol. The lowest BCUT2D eigenvalue weighted by Crippen LogP contribution is -2.56. The number of nitrogens with zero attached hydrogens (tertiary/aromatic N) is 1. The van der Waals surface area contributed by atoms with Crippen molar-refractivity contribution in [2.75, 3.05) is 19.7 Å². The summed E-state index contributed by atoms with van der Waals surface area (Å²) in [5.41, 5.74) is 0.821. The third kappa shape index (κ3) is 4.02. The van der Waals surface area contributed by atoms with Gasteiger partial charge in [-0.3, -0.25) is 24.5 Å². The van der Waals surface area contributed by atoms with E-state index in [1.165, 1.54) is 4.90 Å². The molecule has 4 rings (SSSR count). The van der Waals surface area contributed by atoms with Crippen LogP contribution in [0.2, 0.25) is 0 Å². The second kappa shape index (κ2) is 8.06. The first-order valence-corrected chi connectivity index (χ1v) is 10.3. The Morgan fingerprint density at radius 1 is 1.33 bits per heavy atom. The zero-order valence-corrected chi connectivity index (χ0v) is 17.0. The van der Waals surface area contributed by atoms with E-state index in [0.29, 0.717) is 23.3 Å². The van der Waals surface area contributed by atoms with Gasteiger partial charge in [-0.05, 0) is 44.9 Å². The van der Waals surface area contributed by atoms with Crippen LogP contribution in [0.4, 0.5) is 0 Å². The molecule has 9 nitrogen and oxygen atoms in total. The molecule has 4 amide bonds. The highest BCUT2D eigenvalue weighted by molar-refractivity contribution is 6.05. The molecule has 1 aromatic rings. The van der Waals surface area contributed by atoms with Crippen molar-refractivity contribution in [3.63, 3.8) is 0 Å². The largest absolute Gasteiger partial charge is 0.483 e. The van der Waals surface area contributed by atoms with Gasteiger partial charge in [0.2, 0.25) is 11.8 Å². The molecule has 3 aliphatic rings. The maximum Gasteiger partial charge on any atom is 0.258 e. The molecule has 30 heavy (non-hydrogen) atoms. The standard InChI is InChI=1S/C21H26N4O5/c1-21(8-3-9-22-12-21)24-18(27)11-30-16-5-2-4-13-14(16)10-25(20(13)29)15-6-7-17(26)23-19(15)28/h2,4-5,15,22H,3,6-12H2,1H3,(H,24,27)(H,23,26,28). The second-order valence-electron chi connectivity index (χ2n) is 8.36. The molecule has 160 valence electrons. The number of ether oxygens (including phenoxy) is 1. The highest BCUT2D eigenvalue weighted by atomic mass is 16.5. The smallest absolute Gasteiger partial charge is 0.258 e. The topological polar surface area (TPSA) is 117 Å². The normalized spacial score (nSPS) is 26.2. The Bertz CT molecular complexity index is 893. The molecule has 0 spiro atoms. The van der Waals surface area contributed by atoms with Crippen LogP contribution in [0.3, 0.4) is 0 Å². The van der Waals surface area contributed by atoms with E-state index in [2.05, 4.69) is 16.0 Å². The molecule has 2 atom stereocenters. The number of carbonyl (C=O) groups is 4. The number of benzene rings is 1. The fourth-order valence-corrected chi connectivity index (χ4v) is 4.37. The predicted molar refractivity (Wildman–Crippen MR) is 107 cm³/mol. The Kier molecular flexibility index (Phi) is 5.46. The van der Waals surface area contributed by atoms with Crippen molar-refractivity contribution in [1.82, 2.24) is 20.9 Å². The maximum atomic E-state index is 12.8. The summed E-state index contributed by atoms with van der Waals surface area (Å²) in [7, 11) is 0. The van der Waals surface area contributed by atoms with Gasteiger partial charge in [-0.25, -0.2) is 0 Å². The molecule has 0 aliphatic carbocycles. The van der Waals surface area contributed by atoms with Crippen LogP contribution in [0, 0.1) is 0 Å². The Balaban J connectivity index is 1.42. The van der Waals surface area contributed by atoms with E-state index >= 15 is 0 Å². The van der Waals surface area contributed by atoms with Crippen molar-refractivity contribution in [1.29, 1.82) is 0 Å². The van der Waals surface area contributed by atoms with Crippen molar-refractivity contribution in [3.8, 4) is 5.75 Å². The SMILES string of the molecule is CC1(NC(=O)COc2cccc3c2CN(C2CCC(=O)NC2=O)C3=O)CCCNC1. The highest BCUT2D eigenvalue weighted by Gasteiger charge is 2.40. The number of rotatable bonds is 5. The fraction of sp³-hybridized carbons (Fsp3) is 0.524. The van der Waals surface area contributed by atoms with E-state index < -0.39 is 11.9 Å². The summed E-state index contributed by atoms with van der Waals surface area (Å²) in [6.07, 6.45) is 2.41. The molecule has 9 heteroatoms. The summed E-state index contributed by atoms with van der Waals surface area (Å²) in [4.78, 5) is 50.3. The molecule has 3 heterocycles. The molecule has 3 aliphatic heterocycles. The Morgan fingerprint density at radius 2 is 2.17 bits per heavy atom. The monoisotopic (exact) mass is 414 g/mol. The molecule has 0 bridgehead atoms. The summed E-state index contributed by atoms with van der Waals surface area (Å²) in [5.74, 6) is -0.807. The van der Waals surface area contributed by atoms with Gasteiger partial charge in [0.15, 0.2) is 6.61 Å². The average molecular weight is 414 g/mol. The van der Waals surface area contributed by atoms with E-state index in [-0.39, 0.29) is 42.8 Å². The minimum Gasteiger partial charge on any atom is -0.483 e. The van der Waals surface area contributed by atoms with E-state index in [1.54, 1.807) is 18.2 Å². The summed E-state index contributed by atoms with van der Waals surface area (Å²) < 4.78 is 5.76. The Morgan fingerprint density at radius 3 is 2.90 bits per heavy atom. The van der Waals surface area contributed by atoms with Crippen LogP contribution >= 0.6 is 0 Å². The molecule has 2 unspecified atom stereocenters. The van der Waals surface area contributed by atoms with Crippen LogP contribution in [0.15, 0.2) is 18.2 Å². The number of nitrogens with one attached hydrogen (secondary N) is 3. The number of amides is 4. The molecule has 0 radical (unpaired) electrons. The predicted octanol–water partition coefficient (Wildman–Crippen LogP) is 0.0847. The van der Waals surface area contributed by atoms with Crippen LogP contribution in [0.1, 0.15) is 48.5 Å². The Labute approximate surface area is 174 Å².